The van der Waals surface area contributed by atoms with Crippen LogP contribution in [-0.2, 0) is 0 Å². The minimum atomic E-state index is 0.0168. The van der Waals surface area contributed by atoms with Gasteiger partial charge in [0.2, 0.25) is 0 Å². The van der Waals surface area contributed by atoms with Crippen LogP contribution in [0.1, 0.15) is 42.5 Å². The molecule has 1 atom stereocenters. The Morgan fingerprint density at radius 3 is 2.64 bits per heavy atom. The first-order chi connectivity index (χ1) is 6.66. The van der Waals surface area contributed by atoms with Crippen molar-refractivity contribution in [1.82, 2.24) is 15.2 Å². The Kier molecular flexibility index (Phi) is 2.46. The Balaban J connectivity index is 2.13. The van der Waals surface area contributed by atoms with Gasteiger partial charge in [0, 0.05) is 0 Å². The Hall–Kier alpha value is -1.03. The molecule has 1 unspecified atom stereocenters. The molecule has 0 aliphatic heterocycles. The molecule has 0 spiro atoms. The summed E-state index contributed by atoms with van der Waals surface area (Å²) in [5, 5.41) is 8.07. The molecular weight excluding hydrogens is 176 g/mol. The molecule has 0 bridgehead atoms. The van der Waals surface area contributed by atoms with Gasteiger partial charge in [0.05, 0.1) is 11.7 Å². The third kappa shape index (κ3) is 2.07. The molecule has 0 radical (unpaired) electrons. The summed E-state index contributed by atoms with van der Waals surface area (Å²) >= 11 is 0. The van der Waals surface area contributed by atoms with E-state index in [0.29, 0.717) is 5.82 Å². The van der Waals surface area contributed by atoms with Gasteiger partial charge in [-0.05, 0) is 26.2 Å². The summed E-state index contributed by atoms with van der Waals surface area (Å²) in [5.74, 6) is 1.53. The molecule has 2 N–H and O–H groups in total. The van der Waals surface area contributed by atoms with E-state index in [1.54, 1.807) is 0 Å². The van der Waals surface area contributed by atoms with E-state index < -0.39 is 0 Å². The molecule has 4 heteroatoms. The number of nitrogens with zero attached hydrogens (tertiary/aromatic N) is 3. The van der Waals surface area contributed by atoms with Crippen molar-refractivity contribution in [3.63, 3.8) is 0 Å². The van der Waals surface area contributed by atoms with Crippen LogP contribution < -0.4 is 5.73 Å². The maximum atomic E-state index is 6.04. The lowest BCUT2D eigenvalue weighted by Crippen LogP contribution is -2.16. The van der Waals surface area contributed by atoms with E-state index in [0.717, 1.165) is 23.7 Å². The molecule has 1 saturated carbocycles. The lowest BCUT2D eigenvalue weighted by molar-refractivity contribution is 0.566. The second-order valence-electron chi connectivity index (χ2n) is 4.12. The maximum absolute atomic E-state index is 6.04. The van der Waals surface area contributed by atoms with E-state index in [9.17, 15) is 0 Å². The van der Waals surface area contributed by atoms with Crippen molar-refractivity contribution in [3.05, 3.63) is 17.2 Å². The van der Waals surface area contributed by atoms with Gasteiger partial charge < -0.3 is 5.73 Å². The van der Waals surface area contributed by atoms with Crippen molar-refractivity contribution >= 4 is 0 Å². The topological polar surface area (TPSA) is 64.7 Å². The van der Waals surface area contributed by atoms with Crippen molar-refractivity contribution in [2.45, 2.75) is 39.2 Å². The van der Waals surface area contributed by atoms with Crippen molar-refractivity contribution in [2.75, 3.05) is 0 Å². The van der Waals surface area contributed by atoms with Crippen LogP contribution in [0.4, 0.5) is 0 Å². The molecule has 0 amide bonds. The van der Waals surface area contributed by atoms with Gasteiger partial charge in [0.25, 0.3) is 0 Å². The number of hydrogen-bond acceptors (Lipinski definition) is 4. The first-order valence-corrected chi connectivity index (χ1v) is 5.10. The Morgan fingerprint density at radius 1 is 1.36 bits per heavy atom. The lowest BCUT2D eigenvalue weighted by Gasteiger charge is -2.11. The Bertz CT molecular complexity index is 333. The van der Waals surface area contributed by atoms with Crippen molar-refractivity contribution in [1.29, 1.82) is 0 Å². The monoisotopic (exact) mass is 192 g/mol. The number of hydrogen-bond donors (Lipinski definition) is 1. The number of nitrogens with two attached hydrogens (primary N) is 1. The summed E-state index contributed by atoms with van der Waals surface area (Å²) < 4.78 is 0. The predicted molar refractivity (Wildman–Crippen MR) is 53.6 cm³/mol. The summed E-state index contributed by atoms with van der Waals surface area (Å²) in [6, 6.07) is 0.0168. The van der Waals surface area contributed by atoms with Gasteiger partial charge in [0.15, 0.2) is 0 Å². The summed E-state index contributed by atoms with van der Waals surface area (Å²) in [7, 11) is 0. The molecule has 0 aromatic carbocycles. The summed E-state index contributed by atoms with van der Waals surface area (Å²) in [4.78, 5) is 4.27. The largest absolute Gasteiger partial charge is 0.323 e. The number of aryl methyl sites for hydroxylation is 2. The third-order valence-electron chi connectivity index (χ3n) is 2.64. The van der Waals surface area contributed by atoms with E-state index >= 15 is 0 Å². The summed E-state index contributed by atoms with van der Waals surface area (Å²) in [6.07, 6.45) is 3.67. The SMILES string of the molecule is Cc1nnc(C(N)CC2CC2)c(C)n1. The Morgan fingerprint density at radius 2 is 2.07 bits per heavy atom. The highest BCUT2D eigenvalue weighted by atomic mass is 15.2. The molecular formula is C10H16N4. The highest BCUT2D eigenvalue weighted by Crippen LogP contribution is 2.36. The fraction of sp³-hybridized carbons (Fsp3) is 0.700. The van der Waals surface area contributed by atoms with Crippen molar-refractivity contribution < 1.29 is 0 Å². The van der Waals surface area contributed by atoms with Crippen LogP contribution in [0.2, 0.25) is 0 Å². The van der Waals surface area contributed by atoms with Gasteiger partial charge in [-0.25, -0.2) is 4.98 Å². The standard InChI is InChI=1S/C10H16N4/c1-6-10(14-13-7(2)12-6)9(11)5-8-3-4-8/h8-9H,3-5,11H2,1-2H3. The summed E-state index contributed by atoms with van der Waals surface area (Å²) in [6.45, 7) is 3.79. The molecule has 14 heavy (non-hydrogen) atoms. The fourth-order valence-electron chi connectivity index (χ4n) is 1.69. The van der Waals surface area contributed by atoms with E-state index in [2.05, 4.69) is 15.2 Å². The highest BCUT2D eigenvalue weighted by Gasteiger charge is 2.26. The van der Waals surface area contributed by atoms with Gasteiger partial charge in [-0.2, -0.15) is 5.10 Å². The average Bonchev–Trinajstić information content (AvgIpc) is 2.87. The zero-order valence-corrected chi connectivity index (χ0v) is 8.70. The number of rotatable bonds is 3. The van der Waals surface area contributed by atoms with E-state index in [1.807, 2.05) is 13.8 Å². The second kappa shape index (κ2) is 3.61. The van der Waals surface area contributed by atoms with E-state index in [-0.39, 0.29) is 6.04 Å². The molecule has 0 saturated heterocycles. The zero-order valence-electron chi connectivity index (χ0n) is 8.70. The fourth-order valence-corrected chi connectivity index (χ4v) is 1.69. The van der Waals surface area contributed by atoms with Crippen LogP contribution >= 0.6 is 0 Å². The molecule has 2 rings (SSSR count). The molecule has 76 valence electrons. The van der Waals surface area contributed by atoms with Crippen molar-refractivity contribution in [3.8, 4) is 0 Å². The van der Waals surface area contributed by atoms with Gasteiger partial charge in [-0.15, -0.1) is 5.10 Å². The van der Waals surface area contributed by atoms with Crippen molar-refractivity contribution in [2.24, 2.45) is 11.7 Å². The molecule has 1 aliphatic rings. The van der Waals surface area contributed by atoms with E-state index in [4.69, 9.17) is 5.73 Å². The maximum Gasteiger partial charge on any atom is 0.148 e. The third-order valence-corrected chi connectivity index (χ3v) is 2.64. The number of aromatic nitrogens is 3. The molecule has 1 aromatic heterocycles. The smallest absolute Gasteiger partial charge is 0.148 e. The van der Waals surface area contributed by atoms with Gasteiger partial charge in [-0.1, -0.05) is 12.8 Å². The normalized spacial score (nSPS) is 18.2. The van der Waals surface area contributed by atoms with Gasteiger partial charge in [0.1, 0.15) is 11.5 Å². The quantitative estimate of drug-likeness (QED) is 0.783. The van der Waals surface area contributed by atoms with Crippen LogP contribution in [0, 0.1) is 19.8 Å². The first kappa shape index (κ1) is 9.52. The zero-order chi connectivity index (χ0) is 10.1. The van der Waals surface area contributed by atoms with E-state index in [1.165, 1.54) is 12.8 Å². The van der Waals surface area contributed by atoms with Crippen LogP contribution in [0.5, 0.6) is 0 Å². The predicted octanol–water partition coefficient (Wildman–Crippen LogP) is 1.29. The van der Waals surface area contributed by atoms with Gasteiger partial charge >= 0.3 is 0 Å². The molecule has 1 aromatic rings. The van der Waals surface area contributed by atoms with Crippen LogP contribution in [-0.4, -0.2) is 15.2 Å². The molecule has 1 fully saturated rings. The van der Waals surface area contributed by atoms with Gasteiger partial charge in [-0.3, -0.25) is 0 Å². The molecule has 4 nitrogen and oxygen atoms in total. The minimum Gasteiger partial charge on any atom is -0.323 e. The first-order valence-electron chi connectivity index (χ1n) is 5.10. The van der Waals surface area contributed by atoms with Crippen LogP contribution in [0.15, 0.2) is 0 Å². The van der Waals surface area contributed by atoms with Crippen LogP contribution in [0.25, 0.3) is 0 Å². The molecule has 1 heterocycles. The highest BCUT2D eigenvalue weighted by molar-refractivity contribution is 5.12. The summed E-state index contributed by atoms with van der Waals surface area (Å²) in [5.41, 5.74) is 7.83. The van der Waals surface area contributed by atoms with Crippen LogP contribution in [0.3, 0.4) is 0 Å². The minimum absolute atomic E-state index is 0.0168. The molecule has 1 aliphatic carbocycles. The Labute approximate surface area is 83.9 Å². The average molecular weight is 192 g/mol. The lowest BCUT2D eigenvalue weighted by atomic mass is 10.1. The second-order valence-corrected chi connectivity index (χ2v) is 4.12.